The molecule has 2 rings (SSSR count). The van der Waals surface area contributed by atoms with Gasteiger partial charge in [0.25, 0.3) is 5.91 Å². The molecule has 2 aromatic rings. The van der Waals surface area contributed by atoms with Gasteiger partial charge in [-0.25, -0.2) is 0 Å². The van der Waals surface area contributed by atoms with E-state index in [1.807, 2.05) is 31.2 Å². The molecule has 0 spiro atoms. The largest absolute Gasteiger partial charge is 0.496 e. The molecule has 5 nitrogen and oxygen atoms in total. The second kappa shape index (κ2) is 9.35. The number of carbonyl (C=O) groups excluding carboxylic acids is 1. The highest BCUT2D eigenvalue weighted by Crippen LogP contribution is 2.25. The molecular formula is C19H19BrN2O3S. The van der Waals surface area contributed by atoms with Gasteiger partial charge in [-0.15, -0.1) is 0 Å². The Hall–Kier alpha value is -2.38. The molecule has 2 N–H and O–H groups in total. The first-order valence-corrected chi connectivity index (χ1v) is 8.92. The number of anilines is 1. The van der Waals surface area contributed by atoms with Gasteiger partial charge in [0.05, 0.1) is 11.6 Å². The van der Waals surface area contributed by atoms with Gasteiger partial charge in [-0.3, -0.25) is 10.1 Å². The van der Waals surface area contributed by atoms with Gasteiger partial charge in [0, 0.05) is 11.3 Å². The Kier molecular flexibility index (Phi) is 7.17. The molecule has 0 radical (unpaired) electrons. The number of amides is 1. The van der Waals surface area contributed by atoms with Gasteiger partial charge in [-0.05, 0) is 83.1 Å². The van der Waals surface area contributed by atoms with Crippen LogP contribution in [0.2, 0.25) is 0 Å². The summed E-state index contributed by atoms with van der Waals surface area (Å²) in [5, 5.41) is 5.81. The van der Waals surface area contributed by atoms with E-state index in [0.29, 0.717) is 22.4 Å². The summed E-state index contributed by atoms with van der Waals surface area (Å²) in [6, 6.07) is 12.3. The van der Waals surface area contributed by atoms with Crippen molar-refractivity contribution in [2.24, 2.45) is 0 Å². The number of nitrogens with one attached hydrogen (secondary N) is 2. The van der Waals surface area contributed by atoms with Crippen molar-refractivity contribution in [1.82, 2.24) is 5.32 Å². The lowest BCUT2D eigenvalue weighted by Crippen LogP contribution is -2.34. The van der Waals surface area contributed by atoms with Crippen LogP contribution in [0.4, 0.5) is 5.69 Å². The van der Waals surface area contributed by atoms with Crippen molar-refractivity contribution >= 4 is 44.9 Å². The average molecular weight is 435 g/mol. The minimum atomic E-state index is -0.313. The highest BCUT2D eigenvalue weighted by atomic mass is 79.9. The maximum atomic E-state index is 12.3. The van der Waals surface area contributed by atoms with E-state index in [2.05, 4.69) is 33.1 Å². The normalized spacial score (nSPS) is 9.96. The van der Waals surface area contributed by atoms with Crippen molar-refractivity contribution in [3.05, 3.63) is 64.7 Å². The number of methoxy groups -OCH3 is 1. The molecule has 0 aliphatic carbocycles. The molecule has 0 aliphatic heterocycles. The summed E-state index contributed by atoms with van der Waals surface area (Å²) in [5.41, 5.74) is 2.15. The van der Waals surface area contributed by atoms with Crippen molar-refractivity contribution in [2.45, 2.75) is 6.92 Å². The van der Waals surface area contributed by atoms with E-state index in [4.69, 9.17) is 21.7 Å². The summed E-state index contributed by atoms with van der Waals surface area (Å²) < 4.78 is 11.4. The second-order valence-electron chi connectivity index (χ2n) is 5.53. The van der Waals surface area contributed by atoms with Crippen LogP contribution in [-0.4, -0.2) is 24.7 Å². The van der Waals surface area contributed by atoms with Crippen molar-refractivity contribution in [3.63, 3.8) is 0 Å². The van der Waals surface area contributed by atoms with Gasteiger partial charge in [0.2, 0.25) is 0 Å². The lowest BCUT2D eigenvalue weighted by Gasteiger charge is -2.11. The fourth-order valence-corrected chi connectivity index (χ4v) is 2.74. The zero-order valence-corrected chi connectivity index (χ0v) is 16.9. The Balaban J connectivity index is 1.92. The summed E-state index contributed by atoms with van der Waals surface area (Å²) in [6.45, 7) is 6.16. The van der Waals surface area contributed by atoms with Crippen LogP contribution in [0, 0.1) is 0 Å². The third kappa shape index (κ3) is 5.86. The van der Waals surface area contributed by atoms with E-state index in [9.17, 15) is 4.79 Å². The molecule has 0 aromatic heterocycles. The summed E-state index contributed by atoms with van der Waals surface area (Å²) >= 11 is 8.54. The van der Waals surface area contributed by atoms with E-state index < -0.39 is 0 Å². The molecule has 0 aliphatic rings. The molecule has 2 aromatic carbocycles. The molecule has 0 heterocycles. The average Bonchev–Trinajstić information content (AvgIpc) is 2.60. The molecule has 0 bridgehead atoms. The molecule has 26 heavy (non-hydrogen) atoms. The molecule has 0 fully saturated rings. The van der Waals surface area contributed by atoms with Crippen LogP contribution >= 0.6 is 28.1 Å². The number of rotatable bonds is 6. The van der Waals surface area contributed by atoms with Crippen molar-refractivity contribution in [2.75, 3.05) is 19.0 Å². The zero-order valence-electron chi connectivity index (χ0n) is 14.5. The minimum absolute atomic E-state index is 0.206. The third-order valence-corrected chi connectivity index (χ3v) is 4.06. The monoisotopic (exact) mass is 434 g/mol. The summed E-state index contributed by atoms with van der Waals surface area (Å²) in [4.78, 5) is 12.3. The number of halogens is 1. The van der Waals surface area contributed by atoms with Crippen LogP contribution in [0.5, 0.6) is 11.5 Å². The quantitative estimate of drug-likeness (QED) is 0.516. The number of ether oxygens (including phenoxy) is 2. The Morgan fingerprint density at radius 3 is 2.50 bits per heavy atom. The fourth-order valence-electron chi connectivity index (χ4n) is 1.99. The van der Waals surface area contributed by atoms with Gasteiger partial charge < -0.3 is 14.8 Å². The van der Waals surface area contributed by atoms with E-state index >= 15 is 0 Å². The van der Waals surface area contributed by atoms with Crippen LogP contribution in [-0.2, 0) is 0 Å². The number of carbonyl (C=O) groups is 1. The number of thiocarbonyl (C=S) groups is 1. The lowest BCUT2D eigenvalue weighted by atomic mass is 10.2. The molecule has 0 saturated heterocycles. The summed E-state index contributed by atoms with van der Waals surface area (Å²) in [5.74, 6) is 1.07. The molecule has 0 saturated carbocycles. The van der Waals surface area contributed by atoms with E-state index in [1.54, 1.807) is 25.3 Å². The standard InChI is InChI=1S/C19H19BrN2O3S/c1-12(2)11-25-15-7-5-14(6-8-15)21-19(26)22-18(23)13-4-9-17(24-3)16(20)10-13/h4-10H,1,11H2,2-3H3,(H2,21,22,23,26). The zero-order chi connectivity index (χ0) is 19.1. The molecule has 1 amide bonds. The Morgan fingerprint density at radius 1 is 1.23 bits per heavy atom. The highest BCUT2D eigenvalue weighted by Gasteiger charge is 2.10. The fraction of sp³-hybridized carbons (Fsp3) is 0.158. The van der Waals surface area contributed by atoms with Crippen LogP contribution in [0.25, 0.3) is 0 Å². The maximum absolute atomic E-state index is 12.3. The first kappa shape index (κ1) is 19.9. The van der Waals surface area contributed by atoms with Gasteiger partial charge in [0.1, 0.15) is 18.1 Å². The van der Waals surface area contributed by atoms with Crippen LogP contribution in [0.15, 0.2) is 59.1 Å². The smallest absolute Gasteiger partial charge is 0.257 e. The van der Waals surface area contributed by atoms with Crippen LogP contribution < -0.4 is 20.1 Å². The molecule has 7 heteroatoms. The number of hydrogen-bond donors (Lipinski definition) is 2. The first-order valence-electron chi connectivity index (χ1n) is 7.72. The Morgan fingerprint density at radius 2 is 1.92 bits per heavy atom. The van der Waals surface area contributed by atoms with E-state index in [0.717, 1.165) is 17.0 Å². The number of benzene rings is 2. The number of hydrogen-bond acceptors (Lipinski definition) is 4. The van der Waals surface area contributed by atoms with E-state index in [1.165, 1.54) is 0 Å². The Labute approximate surface area is 166 Å². The van der Waals surface area contributed by atoms with E-state index in [-0.39, 0.29) is 11.0 Å². The molecule has 0 atom stereocenters. The summed E-state index contributed by atoms with van der Waals surface area (Å²) in [6.07, 6.45) is 0. The minimum Gasteiger partial charge on any atom is -0.496 e. The van der Waals surface area contributed by atoms with Gasteiger partial charge in [-0.2, -0.15) is 0 Å². The molecular weight excluding hydrogens is 416 g/mol. The van der Waals surface area contributed by atoms with Crippen molar-refractivity contribution in [1.29, 1.82) is 0 Å². The van der Waals surface area contributed by atoms with Crippen molar-refractivity contribution < 1.29 is 14.3 Å². The second-order valence-corrected chi connectivity index (χ2v) is 6.79. The topological polar surface area (TPSA) is 59.6 Å². The predicted octanol–water partition coefficient (Wildman–Crippen LogP) is 4.54. The SMILES string of the molecule is C=C(C)COc1ccc(NC(=S)NC(=O)c2ccc(OC)c(Br)c2)cc1. The van der Waals surface area contributed by atoms with Crippen LogP contribution in [0.3, 0.4) is 0 Å². The van der Waals surface area contributed by atoms with Gasteiger partial charge >= 0.3 is 0 Å². The Bertz CT molecular complexity index is 822. The summed E-state index contributed by atoms with van der Waals surface area (Å²) in [7, 11) is 1.56. The first-order chi connectivity index (χ1) is 12.4. The van der Waals surface area contributed by atoms with Gasteiger partial charge in [0.15, 0.2) is 5.11 Å². The molecule has 0 unspecified atom stereocenters. The predicted molar refractivity (Wildman–Crippen MR) is 111 cm³/mol. The maximum Gasteiger partial charge on any atom is 0.257 e. The lowest BCUT2D eigenvalue weighted by molar-refractivity contribution is 0.0977. The highest BCUT2D eigenvalue weighted by molar-refractivity contribution is 9.10. The molecule has 136 valence electrons. The third-order valence-electron chi connectivity index (χ3n) is 3.24. The van der Waals surface area contributed by atoms with Gasteiger partial charge in [-0.1, -0.05) is 6.58 Å². The van der Waals surface area contributed by atoms with Crippen LogP contribution in [0.1, 0.15) is 17.3 Å². The van der Waals surface area contributed by atoms with Crippen molar-refractivity contribution in [3.8, 4) is 11.5 Å².